The second-order valence-electron chi connectivity index (χ2n) is 5.53. The predicted molar refractivity (Wildman–Crippen MR) is 93.7 cm³/mol. The Morgan fingerprint density at radius 1 is 1.38 bits per heavy atom. The van der Waals surface area contributed by atoms with Gasteiger partial charge in [0.2, 0.25) is 0 Å². The van der Waals surface area contributed by atoms with Gasteiger partial charge in [0, 0.05) is 26.4 Å². The van der Waals surface area contributed by atoms with E-state index in [1.807, 2.05) is 37.1 Å². The first-order valence-electron chi connectivity index (χ1n) is 7.44. The fraction of sp³-hybridized carbons (Fsp3) is 0.375. The van der Waals surface area contributed by atoms with Crippen molar-refractivity contribution in [3.05, 3.63) is 30.0 Å². The molecule has 0 aliphatic carbocycles. The minimum atomic E-state index is -1.34. The summed E-state index contributed by atoms with van der Waals surface area (Å²) in [6, 6.07) is 5.49. The van der Waals surface area contributed by atoms with Crippen molar-refractivity contribution in [2.75, 3.05) is 27.0 Å². The van der Waals surface area contributed by atoms with E-state index in [1.165, 1.54) is 0 Å². The van der Waals surface area contributed by atoms with Crippen molar-refractivity contribution in [2.24, 2.45) is 4.99 Å². The summed E-state index contributed by atoms with van der Waals surface area (Å²) in [5.41, 5.74) is 2.55. The van der Waals surface area contributed by atoms with Crippen LogP contribution < -0.4 is 4.74 Å². The zero-order chi connectivity index (χ0) is 17.3. The van der Waals surface area contributed by atoms with Gasteiger partial charge in [0.25, 0.3) is 0 Å². The van der Waals surface area contributed by atoms with Crippen LogP contribution in [0.1, 0.15) is 6.92 Å². The summed E-state index contributed by atoms with van der Waals surface area (Å²) in [6.07, 6.45) is 1.57. The van der Waals surface area contributed by atoms with E-state index in [9.17, 15) is 4.21 Å². The van der Waals surface area contributed by atoms with Crippen LogP contribution >= 0.6 is 0 Å². The lowest BCUT2D eigenvalue weighted by molar-refractivity contribution is 0.0465. The van der Waals surface area contributed by atoms with Gasteiger partial charge in [-0.05, 0) is 24.6 Å². The molecule has 3 rings (SSSR count). The highest BCUT2D eigenvalue weighted by molar-refractivity contribution is 7.85. The standard InChI is InChI=1S/C16H20N4O3S/c1-10-8-17-14(20(2)15(10)23-4)9-24(21)16-18-12-6-5-11(22-3)7-13(12)19-16/h5-8,15H,9H2,1-4H3,(H,18,19)/t15-,24?/m0/s1. The average Bonchev–Trinajstić information content (AvgIpc) is 3.01. The summed E-state index contributed by atoms with van der Waals surface area (Å²) in [4.78, 5) is 13.8. The number of nitrogens with zero attached hydrogens (tertiary/aromatic N) is 3. The summed E-state index contributed by atoms with van der Waals surface area (Å²) in [7, 11) is 3.79. The van der Waals surface area contributed by atoms with Crippen molar-refractivity contribution in [3.8, 4) is 5.75 Å². The molecule has 24 heavy (non-hydrogen) atoms. The maximum atomic E-state index is 12.7. The number of methoxy groups -OCH3 is 2. The summed E-state index contributed by atoms with van der Waals surface area (Å²) in [5, 5.41) is 0.426. The highest BCUT2D eigenvalue weighted by Gasteiger charge is 2.25. The van der Waals surface area contributed by atoms with E-state index in [1.54, 1.807) is 20.4 Å². The minimum Gasteiger partial charge on any atom is -0.497 e. The van der Waals surface area contributed by atoms with Crippen LogP contribution in [0.4, 0.5) is 0 Å². The van der Waals surface area contributed by atoms with E-state index in [2.05, 4.69) is 15.0 Å². The molecule has 1 N–H and O–H groups in total. The molecule has 0 fully saturated rings. The van der Waals surface area contributed by atoms with Crippen LogP contribution in [0.5, 0.6) is 5.75 Å². The van der Waals surface area contributed by atoms with Crippen molar-refractivity contribution in [3.63, 3.8) is 0 Å². The Balaban J connectivity index is 1.82. The number of nitrogens with one attached hydrogen (secondary N) is 1. The molecule has 2 heterocycles. The van der Waals surface area contributed by atoms with Crippen LogP contribution in [0, 0.1) is 0 Å². The van der Waals surface area contributed by atoms with E-state index in [-0.39, 0.29) is 12.0 Å². The molecule has 1 aliphatic heterocycles. The van der Waals surface area contributed by atoms with Crippen molar-refractivity contribution in [1.82, 2.24) is 14.9 Å². The van der Waals surface area contributed by atoms with Crippen LogP contribution in [0.25, 0.3) is 11.0 Å². The summed E-state index contributed by atoms with van der Waals surface area (Å²) >= 11 is 0. The van der Waals surface area contributed by atoms with Crippen LogP contribution in [0.15, 0.2) is 40.1 Å². The van der Waals surface area contributed by atoms with Gasteiger partial charge >= 0.3 is 0 Å². The molecular formula is C16H20N4O3S. The molecular weight excluding hydrogens is 328 g/mol. The molecule has 0 saturated heterocycles. The molecule has 1 aromatic carbocycles. The van der Waals surface area contributed by atoms with Gasteiger partial charge < -0.3 is 19.4 Å². The van der Waals surface area contributed by atoms with Crippen molar-refractivity contribution >= 4 is 27.7 Å². The topological polar surface area (TPSA) is 79.8 Å². The zero-order valence-corrected chi connectivity index (χ0v) is 14.9. The minimum absolute atomic E-state index is 0.186. The number of benzene rings is 1. The quantitative estimate of drug-likeness (QED) is 0.893. The largest absolute Gasteiger partial charge is 0.497 e. The number of fused-ring (bicyclic) bond motifs is 1. The molecule has 0 spiro atoms. The number of aromatic nitrogens is 2. The normalized spacial score (nSPS) is 19.2. The molecule has 0 radical (unpaired) electrons. The summed E-state index contributed by atoms with van der Waals surface area (Å²) in [6.45, 7) is 1.95. The number of aromatic amines is 1. The van der Waals surface area contributed by atoms with E-state index in [4.69, 9.17) is 9.47 Å². The number of hydrogen-bond donors (Lipinski definition) is 1. The molecule has 128 valence electrons. The van der Waals surface area contributed by atoms with E-state index < -0.39 is 10.8 Å². The Kier molecular flexibility index (Phi) is 4.68. The molecule has 0 bridgehead atoms. The first-order valence-corrected chi connectivity index (χ1v) is 8.76. The van der Waals surface area contributed by atoms with Crippen LogP contribution in [0.3, 0.4) is 0 Å². The number of hydrogen-bond acceptors (Lipinski definition) is 6. The summed E-state index contributed by atoms with van der Waals surface area (Å²) in [5.74, 6) is 1.68. The van der Waals surface area contributed by atoms with Crippen LogP contribution in [0.2, 0.25) is 0 Å². The lowest BCUT2D eigenvalue weighted by atomic mass is 10.2. The third-order valence-corrected chi connectivity index (χ3v) is 5.08. The van der Waals surface area contributed by atoms with Gasteiger partial charge in [0.1, 0.15) is 11.6 Å². The van der Waals surface area contributed by atoms with Gasteiger partial charge in [-0.15, -0.1) is 0 Å². The number of amidine groups is 1. The molecule has 1 unspecified atom stereocenters. The Morgan fingerprint density at radius 3 is 2.88 bits per heavy atom. The molecule has 2 atom stereocenters. The fourth-order valence-electron chi connectivity index (χ4n) is 2.64. The monoisotopic (exact) mass is 348 g/mol. The molecule has 1 aliphatic rings. The van der Waals surface area contributed by atoms with Gasteiger partial charge in [0.05, 0.1) is 34.7 Å². The smallest absolute Gasteiger partial charge is 0.197 e. The molecule has 0 saturated carbocycles. The van der Waals surface area contributed by atoms with Crippen molar-refractivity contribution < 1.29 is 13.7 Å². The van der Waals surface area contributed by atoms with Gasteiger partial charge in [0.15, 0.2) is 11.4 Å². The van der Waals surface area contributed by atoms with Crippen molar-refractivity contribution in [1.29, 1.82) is 0 Å². The molecule has 0 amide bonds. The predicted octanol–water partition coefficient (Wildman–Crippen LogP) is 1.90. The van der Waals surface area contributed by atoms with Gasteiger partial charge in [-0.25, -0.2) is 9.98 Å². The highest BCUT2D eigenvalue weighted by Crippen LogP contribution is 2.21. The first-order chi connectivity index (χ1) is 11.5. The summed E-state index contributed by atoms with van der Waals surface area (Å²) < 4.78 is 23.3. The maximum Gasteiger partial charge on any atom is 0.197 e. The second-order valence-corrected chi connectivity index (χ2v) is 6.90. The number of imidazole rings is 1. The Morgan fingerprint density at radius 2 is 2.17 bits per heavy atom. The van der Waals surface area contributed by atoms with Crippen molar-refractivity contribution in [2.45, 2.75) is 18.3 Å². The Labute approximate surface area is 142 Å². The number of rotatable bonds is 5. The molecule has 7 nitrogen and oxygen atoms in total. The third-order valence-electron chi connectivity index (χ3n) is 3.93. The number of H-pyrrole nitrogens is 1. The highest BCUT2D eigenvalue weighted by atomic mass is 32.2. The van der Waals surface area contributed by atoms with E-state index in [0.29, 0.717) is 11.0 Å². The zero-order valence-electron chi connectivity index (χ0n) is 14.1. The van der Waals surface area contributed by atoms with E-state index in [0.717, 1.165) is 22.4 Å². The van der Waals surface area contributed by atoms with Gasteiger partial charge in [-0.3, -0.25) is 4.21 Å². The Hall–Kier alpha value is -2.19. The average molecular weight is 348 g/mol. The molecule has 1 aromatic heterocycles. The van der Waals surface area contributed by atoms with Gasteiger partial charge in [-0.1, -0.05) is 0 Å². The number of ether oxygens (including phenoxy) is 2. The van der Waals surface area contributed by atoms with Gasteiger partial charge in [-0.2, -0.15) is 0 Å². The fourth-order valence-corrected chi connectivity index (χ4v) is 3.71. The van der Waals surface area contributed by atoms with Crippen LogP contribution in [-0.4, -0.2) is 58.2 Å². The number of aliphatic imine (C=N–C) groups is 1. The van der Waals surface area contributed by atoms with Crippen LogP contribution in [-0.2, 0) is 15.5 Å². The second kappa shape index (κ2) is 6.74. The SMILES string of the molecule is COc1ccc2nc(S(=O)CC3=NC=C(C)[C@H](OC)N3C)[nH]c2c1. The Bertz CT molecular complexity index is 843. The first kappa shape index (κ1) is 16.7. The third kappa shape index (κ3) is 3.07. The molecule has 8 heteroatoms. The lowest BCUT2D eigenvalue weighted by Crippen LogP contribution is -2.43. The number of likely N-dealkylation sites (N-methyl/N-ethyl adjacent to an activating group) is 1. The maximum absolute atomic E-state index is 12.7. The van der Waals surface area contributed by atoms with E-state index >= 15 is 0 Å². The lowest BCUT2D eigenvalue weighted by Gasteiger charge is -2.32. The molecule has 2 aromatic rings.